The second kappa shape index (κ2) is 7.69. The van der Waals surface area contributed by atoms with Crippen LogP contribution in [0.1, 0.15) is 22.3 Å². The van der Waals surface area contributed by atoms with Crippen LogP contribution >= 0.6 is 0 Å². The van der Waals surface area contributed by atoms with Crippen molar-refractivity contribution in [1.82, 2.24) is 0 Å². The molecule has 0 aromatic heterocycles. The molecule has 0 saturated heterocycles. The highest BCUT2D eigenvalue weighted by Gasteiger charge is 2.49. The lowest BCUT2D eigenvalue weighted by molar-refractivity contribution is -0.143. The average Bonchev–Trinajstić information content (AvgIpc) is 2.64. The van der Waals surface area contributed by atoms with E-state index in [4.69, 9.17) is 0 Å². The molecule has 2 aromatic carbocycles. The van der Waals surface area contributed by atoms with E-state index in [-0.39, 0.29) is 17.3 Å². The summed E-state index contributed by atoms with van der Waals surface area (Å²) in [7, 11) is -6.14. The van der Waals surface area contributed by atoms with Gasteiger partial charge in [-0.15, -0.1) is 0 Å². The molecule has 1 heterocycles. The SMILES string of the molecule is O=S(=O)(OC1C=C(c2cc(C(F)(F)F)cc(C(F)(F)F)c2)c2ccccc2N1)C(F)(F)F. The molecule has 174 valence electrons. The predicted molar refractivity (Wildman–Crippen MR) is 93.4 cm³/mol. The van der Waals surface area contributed by atoms with Crippen molar-refractivity contribution in [2.24, 2.45) is 0 Å². The number of rotatable bonds is 3. The van der Waals surface area contributed by atoms with Crippen molar-refractivity contribution in [1.29, 1.82) is 0 Å². The van der Waals surface area contributed by atoms with Gasteiger partial charge in [0.05, 0.1) is 11.1 Å². The first-order valence-corrected chi connectivity index (χ1v) is 9.77. The molecule has 1 unspecified atom stereocenters. The molecule has 0 spiro atoms. The Labute approximate surface area is 174 Å². The molecule has 0 radical (unpaired) electrons. The van der Waals surface area contributed by atoms with Crippen molar-refractivity contribution in [2.75, 3.05) is 5.32 Å². The highest BCUT2D eigenvalue weighted by atomic mass is 32.2. The Morgan fingerprint density at radius 1 is 0.812 bits per heavy atom. The van der Waals surface area contributed by atoms with E-state index in [0.29, 0.717) is 18.2 Å². The number of nitrogens with one attached hydrogen (secondary N) is 1. The Kier molecular flexibility index (Phi) is 5.75. The Bertz CT molecular complexity index is 1130. The molecule has 0 bridgehead atoms. The van der Waals surface area contributed by atoms with E-state index in [1.165, 1.54) is 24.3 Å². The number of fused-ring (bicyclic) bond motifs is 1. The smallest absolute Gasteiger partial charge is 0.355 e. The largest absolute Gasteiger partial charge is 0.523 e. The van der Waals surface area contributed by atoms with E-state index >= 15 is 0 Å². The van der Waals surface area contributed by atoms with Gasteiger partial charge in [0.2, 0.25) is 0 Å². The molecule has 1 aliphatic rings. The summed E-state index contributed by atoms with van der Waals surface area (Å²) in [6.45, 7) is 0. The first-order valence-electron chi connectivity index (χ1n) is 8.36. The van der Waals surface area contributed by atoms with Gasteiger partial charge in [-0.3, -0.25) is 0 Å². The zero-order chi connectivity index (χ0) is 24.1. The number of para-hydroxylation sites is 1. The second-order valence-electron chi connectivity index (χ2n) is 6.48. The molecule has 1 aliphatic heterocycles. The zero-order valence-electron chi connectivity index (χ0n) is 15.2. The molecule has 0 fully saturated rings. The van der Waals surface area contributed by atoms with Gasteiger partial charge in [-0.05, 0) is 41.5 Å². The number of hydrogen-bond acceptors (Lipinski definition) is 4. The van der Waals surface area contributed by atoms with E-state index in [9.17, 15) is 47.9 Å². The fourth-order valence-corrected chi connectivity index (χ4v) is 3.37. The Morgan fingerprint density at radius 2 is 1.34 bits per heavy atom. The number of halogens is 9. The molecule has 3 rings (SSSR count). The molecular formula is C18H10F9NO3S. The van der Waals surface area contributed by atoms with Crippen LogP contribution in [0.15, 0.2) is 48.5 Å². The topological polar surface area (TPSA) is 55.4 Å². The van der Waals surface area contributed by atoms with Gasteiger partial charge in [-0.2, -0.15) is 47.9 Å². The van der Waals surface area contributed by atoms with Gasteiger partial charge in [-0.25, -0.2) is 4.18 Å². The fraction of sp³-hybridized carbons (Fsp3) is 0.222. The normalized spacial score (nSPS) is 17.4. The van der Waals surface area contributed by atoms with Crippen molar-refractivity contribution in [2.45, 2.75) is 24.1 Å². The van der Waals surface area contributed by atoms with Gasteiger partial charge in [-0.1, -0.05) is 18.2 Å². The monoisotopic (exact) mass is 491 g/mol. The molecule has 4 nitrogen and oxygen atoms in total. The van der Waals surface area contributed by atoms with Crippen molar-refractivity contribution in [3.05, 3.63) is 70.8 Å². The molecule has 0 aliphatic carbocycles. The third-order valence-corrected chi connectivity index (χ3v) is 5.27. The quantitative estimate of drug-likeness (QED) is 0.337. The molecule has 14 heteroatoms. The standard InChI is InChI=1S/C18H10F9NO3S/c19-16(20,21)10-5-9(6-11(7-10)17(22,23)24)13-8-15(31-32(29,30)18(25,26)27)28-14-4-2-1-3-12(13)14/h1-8,15,28H. The molecule has 1 atom stereocenters. The maximum Gasteiger partial charge on any atom is 0.523 e. The fourth-order valence-electron chi connectivity index (χ4n) is 2.88. The van der Waals surface area contributed by atoms with Gasteiger partial charge in [0.25, 0.3) is 0 Å². The van der Waals surface area contributed by atoms with Gasteiger partial charge in [0, 0.05) is 11.3 Å². The highest BCUT2D eigenvalue weighted by Crippen LogP contribution is 2.41. The van der Waals surface area contributed by atoms with E-state index in [0.717, 1.165) is 0 Å². The maximum atomic E-state index is 13.2. The van der Waals surface area contributed by atoms with E-state index in [1.54, 1.807) is 0 Å². The summed E-state index contributed by atoms with van der Waals surface area (Å²) in [5.74, 6) is 0. The van der Waals surface area contributed by atoms with Gasteiger partial charge < -0.3 is 5.32 Å². The van der Waals surface area contributed by atoms with Crippen molar-refractivity contribution >= 4 is 21.4 Å². The van der Waals surface area contributed by atoms with Crippen LogP contribution in [0.25, 0.3) is 5.57 Å². The summed E-state index contributed by atoms with van der Waals surface area (Å²) < 4.78 is 144. The van der Waals surface area contributed by atoms with Crippen LogP contribution in [0.4, 0.5) is 45.2 Å². The minimum absolute atomic E-state index is 0.0178. The van der Waals surface area contributed by atoms with Crippen LogP contribution < -0.4 is 5.32 Å². The van der Waals surface area contributed by atoms with Crippen LogP contribution in [0.5, 0.6) is 0 Å². The Hall–Kier alpha value is -2.74. The molecule has 0 saturated carbocycles. The third kappa shape index (κ3) is 4.85. The predicted octanol–water partition coefficient (Wildman–Crippen LogP) is 5.77. The first kappa shape index (κ1) is 23.9. The van der Waals surface area contributed by atoms with Gasteiger partial charge in [0.1, 0.15) is 0 Å². The summed E-state index contributed by atoms with van der Waals surface area (Å²) >= 11 is 0. The van der Waals surface area contributed by atoms with Crippen LogP contribution in [0.3, 0.4) is 0 Å². The van der Waals surface area contributed by atoms with E-state index in [2.05, 4.69) is 9.50 Å². The van der Waals surface area contributed by atoms with Crippen LogP contribution in [-0.4, -0.2) is 20.2 Å². The van der Waals surface area contributed by atoms with Crippen LogP contribution in [0, 0.1) is 0 Å². The summed E-state index contributed by atoms with van der Waals surface area (Å²) in [6.07, 6.45) is -11.7. The lowest BCUT2D eigenvalue weighted by Gasteiger charge is -2.27. The Morgan fingerprint density at radius 3 is 1.84 bits per heavy atom. The summed E-state index contributed by atoms with van der Waals surface area (Å²) in [4.78, 5) is 0. The second-order valence-corrected chi connectivity index (χ2v) is 8.05. The maximum absolute atomic E-state index is 13.2. The van der Waals surface area contributed by atoms with E-state index < -0.39 is 56.5 Å². The van der Waals surface area contributed by atoms with Gasteiger partial charge in [0.15, 0.2) is 6.23 Å². The number of alkyl halides is 9. The first-order chi connectivity index (χ1) is 14.5. The van der Waals surface area contributed by atoms with Crippen LogP contribution in [0.2, 0.25) is 0 Å². The third-order valence-electron chi connectivity index (χ3n) is 4.25. The Balaban J connectivity index is 2.20. The molecule has 2 aromatic rings. The molecule has 32 heavy (non-hydrogen) atoms. The van der Waals surface area contributed by atoms with Gasteiger partial charge >= 0.3 is 28.0 Å². The molecule has 1 N–H and O–H groups in total. The minimum atomic E-state index is -6.14. The highest BCUT2D eigenvalue weighted by molar-refractivity contribution is 7.87. The average molecular weight is 491 g/mol. The molecule has 0 amide bonds. The van der Waals surface area contributed by atoms with Crippen LogP contribution in [-0.2, 0) is 26.7 Å². The van der Waals surface area contributed by atoms with Crippen molar-refractivity contribution in [3.8, 4) is 0 Å². The summed E-state index contributed by atoms with van der Waals surface area (Å²) in [5.41, 5.74) is -10.2. The zero-order valence-corrected chi connectivity index (χ0v) is 16.0. The molecular weight excluding hydrogens is 481 g/mol. The number of benzene rings is 2. The van der Waals surface area contributed by atoms with E-state index in [1.807, 2.05) is 0 Å². The number of anilines is 1. The lowest BCUT2D eigenvalue weighted by atomic mass is 9.91. The minimum Gasteiger partial charge on any atom is -0.355 e. The van der Waals surface area contributed by atoms with Crippen molar-refractivity contribution < 1.29 is 52.1 Å². The summed E-state index contributed by atoms with van der Waals surface area (Å²) in [6, 6.07) is 5.88. The summed E-state index contributed by atoms with van der Waals surface area (Å²) in [5, 5.41) is 2.29. The van der Waals surface area contributed by atoms with Crippen molar-refractivity contribution in [3.63, 3.8) is 0 Å². The number of hydrogen-bond donors (Lipinski definition) is 1. The lowest BCUT2D eigenvalue weighted by Crippen LogP contribution is -2.34.